The molecule has 0 amide bonds. The van der Waals surface area contributed by atoms with Gasteiger partial charge in [-0.15, -0.1) is 0 Å². The van der Waals surface area contributed by atoms with Crippen molar-refractivity contribution in [2.75, 3.05) is 6.61 Å². The van der Waals surface area contributed by atoms with Crippen LogP contribution in [0.3, 0.4) is 0 Å². The summed E-state index contributed by atoms with van der Waals surface area (Å²) in [6.45, 7) is 0.00916. The van der Waals surface area contributed by atoms with Crippen molar-refractivity contribution in [3.05, 3.63) is 56.7 Å². The minimum atomic E-state index is -0.527. The fourth-order valence-electron chi connectivity index (χ4n) is 1.62. The van der Waals surface area contributed by atoms with E-state index in [9.17, 15) is 10.1 Å². The molecular weight excluding hydrogens is 328 g/mol. The van der Waals surface area contributed by atoms with Crippen LogP contribution < -0.4 is 4.74 Å². The molecule has 0 atom stereocenters. The highest BCUT2D eigenvalue weighted by molar-refractivity contribution is 9.10. The largest absolute Gasteiger partial charge is 0.438 e. The van der Waals surface area contributed by atoms with Gasteiger partial charge in [0.05, 0.1) is 9.40 Å². The number of hydrogen-bond acceptors (Lipinski definition) is 5. The van der Waals surface area contributed by atoms with Crippen molar-refractivity contribution in [3.8, 4) is 11.6 Å². The molecule has 1 N–H and O–H groups in total. The van der Waals surface area contributed by atoms with Crippen molar-refractivity contribution < 1.29 is 14.8 Å². The fraction of sp³-hybridized carbons (Fsp3) is 0.154. The Balaban J connectivity index is 2.28. The van der Waals surface area contributed by atoms with Crippen molar-refractivity contribution >= 4 is 21.6 Å². The normalized spacial score (nSPS) is 10.3. The Bertz CT molecular complexity index is 634. The zero-order chi connectivity index (χ0) is 14.5. The van der Waals surface area contributed by atoms with Crippen molar-refractivity contribution in [1.29, 1.82) is 0 Å². The van der Waals surface area contributed by atoms with Gasteiger partial charge in [0.15, 0.2) is 0 Å². The number of para-hydroxylation sites is 1. The molecule has 0 saturated heterocycles. The summed E-state index contributed by atoms with van der Waals surface area (Å²) in [4.78, 5) is 14.0. The number of halogens is 1. The van der Waals surface area contributed by atoms with Gasteiger partial charge in [-0.1, -0.05) is 18.2 Å². The highest BCUT2D eigenvalue weighted by atomic mass is 79.9. The number of benzene rings is 1. The number of aromatic nitrogens is 1. The average molecular weight is 339 g/mol. The first-order chi connectivity index (χ1) is 9.61. The molecule has 1 heterocycles. The molecule has 0 aliphatic rings. The monoisotopic (exact) mass is 338 g/mol. The van der Waals surface area contributed by atoms with E-state index < -0.39 is 4.92 Å². The lowest BCUT2D eigenvalue weighted by molar-refractivity contribution is -0.385. The van der Waals surface area contributed by atoms with E-state index in [-0.39, 0.29) is 18.2 Å². The summed E-state index contributed by atoms with van der Waals surface area (Å²) in [6, 6.07) is 8.56. The molecule has 0 aliphatic carbocycles. The molecular formula is C13H11BrN2O4. The van der Waals surface area contributed by atoms with Crippen LogP contribution in [0, 0.1) is 10.1 Å². The third-order valence-corrected chi connectivity index (χ3v) is 3.13. The van der Waals surface area contributed by atoms with Crippen molar-refractivity contribution in [1.82, 2.24) is 4.98 Å². The zero-order valence-corrected chi connectivity index (χ0v) is 11.9. The van der Waals surface area contributed by atoms with Gasteiger partial charge in [0.25, 0.3) is 5.69 Å². The van der Waals surface area contributed by atoms with Crippen LogP contribution in [0.5, 0.6) is 11.6 Å². The molecule has 2 rings (SSSR count). The lowest BCUT2D eigenvalue weighted by Crippen LogP contribution is -1.97. The van der Waals surface area contributed by atoms with Gasteiger partial charge in [0.1, 0.15) is 11.9 Å². The molecule has 1 aromatic heterocycles. The molecule has 0 radical (unpaired) electrons. The molecule has 0 bridgehead atoms. The van der Waals surface area contributed by atoms with Gasteiger partial charge >= 0.3 is 0 Å². The average Bonchev–Trinajstić information content (AvgIpc) is 2.43. The topological polar surface area (TPSA) is 85.5 Å². The predicted molar refractivity (Wildman–Crippen MR) is 75.9 cm³/mol. The minimum Gasteiger partial charge on any atom is -0.438 e. The zero-order valence-electron chi connectivity index (χ0n) is 10.3. The van der Waals surface area contributed by atoms with Gasteiger partial charge in [0, 0.05) is 12.7 Å². The summed E-state index contributed by atoms with van der Waals surface area (Å²) in [5.74, 6) is 0.796. The highest BCUT2D eigenvalue weighted by Gasteiger charge is 2.13. The molecule has 0 aliphatic heterocycles. The standard InChI is InChI=1S/C13H11BrN2O4/c14-11-7-10(16(18)19)8-15-13(11)20-12-4-2-1-3-9(12)5-6-17/h1-4,7-8,17H,5-6H2. The maximum atomic E-state index is 10.6. The summed E-state index contributed by atoms with van der Waals surface area (Å²) in [7, 11) is 0. The lowest BCUT2D eigenvalue weighted by atomic mass is 10.1. The second-order valence-corrected chi connectivity index (χ2v) is 4.78. The molecule has 0 saturated carbocycles. The first-order valence-corrected chi connectivity index (χ1v) is 6.57. The number of nitrogens with zero attached hydrogens (tertiary/aromatic N) is 2. The third-order valence-electron chi connectivity index (χ3n) is 2.56. The van der Waals surface area contributed by atoms with E-state index in [2.05, 4.69) is 20.9 Å². The van der Waals surface area contributed by atoms with E-state index in [4.69, 9.17) is 9.84 Å². The molecule has 6 nitrogen and oxygen atoms in total. The lowest BCUT2D eigenvalue weighted by Gasteiger charge is -2.10. The summed E-state index contributed by atoms with van der Waals surface area (Å²) in [5, 5.41) is 19.6. The Labute approximate surface area is 123 Å². The van der Waals surface area contributed by atoms with Gasteiger partial charge in [-0.3, -0.25) is 10.1 Å². The highest BCUT2D eigenvalue weighted by Crippen LogP contribution is 2.31. The Morgan fingerprint density at radius 3 is 2.80 bits per heavy atom. The van der Waals surface area contributed by atoms with Crippen LogP contribution in [0.2, 0.25) is 0 Å². The van der Waals surface area contributed by atoms with E-state index in [1.807, 2.05) is 12.1 Å². The Kier molecular flexibility index (Phi) is 4.65. The first kappa shape index (κ1) is 14.4. The number of nitro groups is 1. The van der Waals surface area contributed by atoms with E-state index in [1.54, 1.807) is 12.1 Å². The molecule has 0 unspecified atom stereocenters. The summed E-state index contributed by atoms with van der Waals surface area (Å²) in [6.07, 6.45) is 1.59. The number of aliphatic hydroxyl groups is 1. The van der Waals surface area contributed by atoms with Crippen LogP contribution in [0.25, 0.3) is 0 Å². The van der Waals surface area contributed by atoms with Crippen LogP contribution in [0.15, 0.2) is 41.0 Å². The summed E-state index contributed by atoms with van der Waals surface area (Å²) < 4.78 is 6.03. The molecule has 104 valence electrons. The van der Waals surface area contributed by atoms with Crippen molar-refractivity contribution in [2.45, 2.75) is 6.42 Å². The summed E-state index contributed by atoms with van der Waals surface area (Å²) >= 11 is 3.20. The second-order valence-electron chi connectivity index (χ2n) is 3.92. The molecule has 0 spiro atoms. The number of pyridine rings is 1. The smallest absolute Gasteiger partial charge is 0.288 e. The first-order valence-electron chi connectivity index (χ1n) is 5.78. The maximum Gasteiger partial charge on any atom is 0.288 e. The maximum absolute atomic E-state index is 10.6. The van der Waals surface area contributed by atoms with E-state index >= 15 is 0 Å². The number of ether oxygens (including phenoxy) is 1. The molecule has 20 heavy (non-hydrogen) atoms. The second kappa shape index (κ2) is 6.44. The third kappa shape index (κ3) is 3.31. The van der Waals surface area contributed by atoms with Crippen LogP contribution in [-0.2, 0) is 6.42 Å². The van der Waals surface area contributed by atoms with E-state index in [0.29, 0.717) is 16.6 Å². The van der Waals surface area contributed by atoms with Crippen LogP contribution in [-0.4, -0.2) is 21.6 Å². The molecule has 1 aromatic carbocycles. The van der Waals surface area contributed by atoms with Crippen LogP contribution >= 0.6 is 15.9 Å². The van der Waals surface area contributed by atoms with Crippen LogP contribution in [0.4, 0.5) is 5.69 Å². The number of rotatable bonds is 5. The van der Waals surface area contributed by atoms with Crippen molar-refractivity contribution in [2.24, 2.45) is 0 Å². The van der Waals surface area contributed by atoms with Crippen LogP contribution in [0.1, 0.15) is 5.56 Å². The van der Waals surface area contributed by atoms with Gasteiger partial charge in [-0.25, -0.2) is 4.98 Å². The van der Waals surface area contributed by atoms with E-state index in [0.717, 1.165) is 11.8 Å². The quantitative estimate of drug-likeness (QED) is 0.668. The molecule has 7 heteroatoms. The molecule has 2 aromatic rings. The van der Waals surface area contributed by atoms with Crippen molar-refractivity contribution in [3.63, 3.8) is 0 Å². The Hall–Kier alpha value is -1.99. The minimum absolute atomic E-state index is 0.00916. The Morgan fingerprint density at radius 2 is 2.15 bits per heavy atom. The Morgan fingerprint density at radius 1 is 1.40 bits per heavy atom. The predicted octanol–water partition coefficient (Wildman–Crippen LogP) is 3.08. The molecule has 0 fully saturated rings. The SMILES string of the molecule is O=[N+]([O-])c1cnc(Oc2ccccc2CCO)c(Br)c1. The van der Waals surface area contributed by atoms with E-state index in [1.165, 1.54) is 6.07 Å². The summed E-state index contributed by atoms with van der Waals surface area (Å²) in [5.41, 5.74) is 0.718. The van der Waals surface area contributed by atoms with Gasteiger partial charge in [-0.2, -0.15) is 0 Å². The number of hydrogen-bond donors (Lipinski definition) is 1. The van der Waals surface area contributed by atoms with Gasteiger partial charge in [0.2, 0.25) is 5.88 Å². The fourth-order valence-corrected chi connectivity index (χ4v) is 2.04. The van der Waals surface area contributed by atoms with Gasteiger partial charge < -0.3 is 9.84 Å². The van der Waals surface area contributed by atoms with Gasteiger partial charge in [-0.05, 0) is 34.0 Å². The number of aliphatic hydroxyl groups excluding tert-OH is 1.